The van der Waals surface area contributed by atoms with Crippen molar-refractivity contribution in [2.45, 2.75) is 17.7 Å². The van der Waals surface area contributed by atoms with Gasteiger partial charge in [-0.15, -0.1) is 11.8 Å². The van der Waals surface area contributed by atoms with E-state index in [-0.39, 0.29) is 28.7 Å². The third-order valence-electron chi connectivity index (χ3n) is 4.25. The standard InChI is InChI=1S/C15H18BNO7S/c1-23-10-3-2-8-4-11(16(22)24-14(8)13(10)15(20)21)25-7-12(19)17-5-9(18)6-17/h2-3,9,11,18,22H,4-7H2,1H3,(H,20,21)/t11-/m0/s1. The minimum Gasteiger partial charge on any atom is -0.534 e. The quantitative estimate of drug-likeness (QED) is 0.605. The van der Waals surface area contributed by atoms with Crippen molar-refractivity contribution < 1.29 is 34.2 Å². The zero-order valence-corrected chi connectivity index (χ0v) is 14.4. The third kappa shape index (κ3) is 3.56. The minimum atomic E-state index is -1.22. The average Bonchev–Trinajstić information content (AvgIpc) is 2.55. The van der Waals surface area contributed by atoms with E-state index >= 15 is 0 Å². The largest absolute Gasteiger partial charge is 0.536 e. The molecular formula is C15H18BNO7S. The number of carboxylic acids is 1. The van der Waals surface area contributed by atoms with Gasteiger partial charge in [0.25, 0.3) is 0 Å². The lowest BCUT2D eigenvalue weighted by atomic mass is 9.77. The van der Waals surface area contributed by atoms with Gasteiger partial charge in [0.15, 0.2) is 0 Å². The Morgan fingerprint density at radius 3 is 2.76 bits per heavy atom. The molecule has 2 aliphatic heterocycles. The molecule has 0 aliphatic carbocycles. The number of aromatic carboxylic acids is 1. The first-order chi connectivity index (χ1) is 11.9. The van der Waals surface area contributed by atoms with Crippen LogP contribution in [0.15, 0.2) is 12.1 Å². The third-order valence-corrected chi connectivity index (χ3v) is 5.49. The van der Waals surface area contributed by atoms with Crippen molar-refractivity contribution in [2.75, 3.05) is 26.0 Å². The summed E-state index contributed by atoms with van der Waals surface area (Å²) >= 11 is 1.25. The molecule has 1 atom stereocenters. The molecule has 0 aromatic heterocycles. The highest BCUT2D eigenvalue weighted by molar-refractivity contribution is 8.01. The van der Waals surface area contributed by atoms with Gasteiger partial charge in [-0.1, -0.05) is 6.07 Å². The zero-order valence-electron chi connectivity index (χ0n) is 13.5. The molecule has 25 heavy (non-hydrogen) atoms. The Kier molecular flexibility index (Phi) is 5.12. The van der Waals surface area contributed by atoms with Gasteiger partial charge in [0, 0.05) is 13.1 Å². The second kappa shape index (κ2) is 7.15. The van der Waals surface area contributed by atoms with Gasteiger partial charge in [0.05, 0.1) is 24.1 Å². The summed E-state index contributed by atoms with van der Waals surface area (Å²) in [4.78, 5) is 25.0. The van der Waals surface area contributed by atoms with Gasteiger partial charge in [-0.25, -0.2) is 4.79 Å². The number of thioether (sulfide) groups is 1. The maximum absolute atomic E-state index is 12.0. The number of nitrogens with zero attached hydrogens (tertiary/aromatic N) is 1. The molecule has 0 unspecified atom stereocenters. The van der Waals surface area contributed by atoms with E-state index in [4.69, 9.17) is 9.39 Å². The summed E-state index contributed by atoms with van der Waals surface area (Å²) in [7, 11) is 0.141. The number of methoxy groups -OCH3 is 1. The first kappa shape index (κ1) is 17.9. The van der Waals surface area contributed by atoms with Crippen molar-refractivity contribution in [1.82, 2.24) is 4.90 Å². The predicted octanol–water partition coefficient (Wildman–Crippen LogP) is -0.347. The Morgan fingerprint density at radius 2 is 2.16 bits per heavy atom. The van der Waals surface area contributed by atoms with Gasteiger partial charge < -0.3 is 29.5 Å². The molecule has 0 bridgehead atoms. The second-order valence-electron chi connectivity index (χ2n) is 5.95. The SMILES string of the molecule is COc1ccc2c(c1C(=O)O)OB(O)[C@@H](SCC(=O)N1CC(O)C1)C2. The molecule has 8 nitrogen and oxygen atoms in total. The van der Waals surface area contributed by atoms with Crippen LogP contribution in [0.2, 0.25) is 0 Å². The van der Waals surface area contributed by atoms with Crippen LogP contribution in [0.3, 0.4) is 0 Å². The molecule has 1 aromatic rings. The summed E-state index contributed by atoms with van der Waals surface area (Å²) in [5.74, 6) is -0.869. The summed E-state index contributed by atoms with van der Waals surface area (Å²) in [6.07, 6.45) is -0.0738. The van der Waals surface area contributed by atoms with Crippen LogP contribution in [0, 0.1) is 0 Å². The van der Waals surface area contributed by atoms with Gasteiger partial charge in [-0.05, 0) is 18.1 Å². The smallest absolute Gasteiger partial charge is 0.534 e. The molecule has 0 spiro atoms. The van der Waals surface area contributed by atoms with Crippen LogP contribution in [0.1, 0.15) is 15.9 Å². The van der Waals surface area contributed by atoms with Crippen LogP contribution in [-0.2, 0) is 11.2 Å². The van der Waals surface area contributed by atoms with E-state index in [1.54, 1.807) is 17.0 Å². The van der Waals surface area contributed by atoms with Gasteiger partial charge in [-0.2, -0.15) is 0 Å². The Morgan fingerprint density at radius 1 is 1.44 bits per heavy atom. The zero-order chi connectivity index (χ0) is 18.1. The van der Waals surface area contributed by atoms with Crippen molar-refractivity contribution in [3.63, 3.8) is 0 Å². The summed E-state index contributed by atoms with van der Waals surface area (Å²) in [5.41, 5.74) is 0.529. The molecule has 3 rings (SSSR count). The molecule has 1 amide bonds. The van der Waals surface area contributed by atoms with Crippen LogP contribution in [0.25, 0.3) is 0 Å². The topological polar surface area (TPSA) is 117 Å². The maximum atomic E-state index is 12.0. The highest BCUT2D eigenvalue weighted by atomic mass is 32.2. The van der Waals surface area contributed by atoms with Crippen LogP contribution in [0.5, 0.6) is 11.5 Å². The van der Waals surface area contributed by atoms with E-state index in [9.17, 15) is 24.8 Å². The lowest BCUT2D eigenvalue weighted by molar-refractivity contribution is -0.138. The molecule has 2 aliphatic rings. The molecule has 1 fully saturated rings. The summed E-state index contributed by atoms with van der Waals surface area (Å²) < 4.78 is 10.5. The molecule has 2 heterocycles. The second-order valence-corrected chi connectivity index (χ2v) is 7.18. The molecule has 1 saturated heterocycles. The number of carboxylic acid groups (broad SMARTS) is 1. The fourth-order valence-corrected chi connectivity index (χ4v) is 3.92. The molecule has 0 radical (unpaired) electrons. The molecular weight excluding hydrogens is 349 g/mol. The number of rotatable bonds is 5. The number of hydrogen-bond acceptors (Lipinski definition) is 7. The van der Waals surface area contributed by atoms with Crippen LogP contribution in [-0.4, -0.2) is 76.3 Å². The average molecular weight is 367 g/mol. The molecule has 3 N–H and O–H groups in total. The number of hydrogen-bond donors (Lipinski definition) is 3. The van der Waals surface area contributed by atoms with E-state index in [0.717, 1.165) is 0 Å². The van der Waals surface area contributed by atoms with Crippen molar-refractivity contribution in [1.29, 1.82) is 0 Å². The Labute approximate surface area is 148 Å². The number of aliphatic hydroxyl groups is 1. The number of carbonyl (C=O) groups excluding carboxylic acids is 1. The number of ether oxygens (including phenoxy) is 1. The number of carbonyl (C=O) groups is 2. The number of β-amino-alcohol motifs (C(OH)–C–C–N with tert-alkyl or cyclic N) is 1. The molecule has 1 aromatic carbocycles. The normalized spacial score (nSPS) is 19.7. The fourth-order valence-electron chi connectivity index (χ4n) is 2.86. The van der Waals surface area contributed by atoms with Gasteiger partial charge in [-0.3, -0.25) is 4.79 Å². The number of amides is 1. The number of aliphatic hydroxyl groups excluding tert-OH is 1. The maximum Gasteiger partial charge on any atom is 0.536 e. The number of benzene rings is 1. The molecule has 0 saturated carbocycles. The lowest BCUT2D eigenvalue weighted by Gasteiger charge is -2.36. The van der Waals surface area contributed by atoms with Gasteiger partial charge in [0.1, 0.15) is 17.1 Å². The fraction of sp³-hybridized carbons (Fsp3) is 0.467. The highest BCUT2D eigenvalue weighted by Crippen LogP contribution is 2.38. The summed E-state index contributed by atoms with van der Waals surface area (Å²) in [5, 5.41) is 28.4. The molecule has 134 valence electrons. The Bertz CT molecular complexity index is 695. The van der Waals surface area contributed by atoms with Crippen molar-refractivity contribution >= 4 is 30.8 Å². The van der Waals surface area contributed by atoms with E-state index in [1.807, 2.05) is 0 Å². The van der Waals surface area contributed by atoms with Crippen molar-refractivity contribution in [2.24, 2.45) is 0 Å². The van der Waals surface area contributed by atoms with E-state index in [0.29, 0.717) is 25.1 Å². The van der Waals surface area contributed by atoms with Crippen molar-refractivity contribution in [3.8, 4) is 11.5 Å². The van der Waals surface area contributed by atoms with Gasteiger partial charge >= 0.3 is 13.1 Å². The number of likely N-dealkylation sites (tertiary alicyclic amines) is 1. The first-order valence-corrected chi connectivity index (χ1v) is 8.81. The Hall–Kier alpha value is -1.91. The van der Waals surface area contributed by atoms with Crippen LogP contribution < -0.4 is 9.39 Å². The summed E-state index contributed by atoms with van der Waals surface area (Å²) in [6, 6.07) is 3.26. The first-order valence-electron chi connectivity index (χ1n) is 7.76. The van der Waals surface area contributed by atoms with E-state index in [1.165, 1.54) is 18.9 Å². The van der Waals surface area contributed by atoms with Crippen LogP contribution in [0.4, 0.5) is 0 Å². The van der Waals surface area contributed by atoms with E-state index in [2.05, 4.69) is 0 Å². The van der Waals surface area contributed by atoms with Gasteiger partial charge in [0.2, 0.25) is 5.91 Å². The number of fused-ring (bicyclic) bond motifs is 1. The van der Waals surface area contributed by atoms with Crippen LogP contribution >= 0.6 is 11.8 Å². The highest BCUT2D eigenvalue weighted by Gasteiger charge is 2.39. The monoisotopic (exact) mass is 367 g/mol. The lowest BCUT2D eigenvalue weighted by Crippen LogP contribution is -2.54. The molecule has 10 heteroatoms. The van der Waals surface area contributed by atoms with E-state index < -0.39 is 24.3 Å². The predicted molar refractivity (Wildman–Crippen MR) is 91.1 cm³/mol. The minimum absolute atomic E-state index is 0.103. The Balaban J connectivity index is 1.70. The van der Waals surface area contributed by atoms with Crippen molar-refractivity contribution in [3.05, 3.63) is 23.3 Å². The summed E-state index contributed by atoms with van der Waals surface area (Å²) in [6.45, 7) is 0.682.